The molecule has 0 aliphatic carbocycles. The highest BCUT2D eigenvalue weighted by molar-refractivity contribution is 5.89. The molecular weight excluding hydrogens is 394 g/mol. The van der Waals surface area contributed by atoms with E-state index in [4.69, 9.17) is 9.47 Å². The van der Waals surface area contributed by atoms with E-state index in [0.29, 0.717) is 49.5 Å². The smallest absolute Gasteiger partial charge is 0.321 e. The van der Waals surface area contributed by atoms with Gasteiger partial charge in [-0.05, 0) is 44.0 Å². The Labute approximate surface area is 180 Å². The molecule has 0 unspecified atom stereocenters. The summed E-state index contributed by atoms with van der Waals surface area (Å²) in [6.07, 6.45) is 7.24. The summed E-state index contributed by atoms with van der Waals surface area (Å²) in [6, 6.07) is 9.67. The molecule has 1 saturated heterocycles. The molecule has 3 aromatic rings. The summed E-state index contributed by atoms with van der Waals surface area (Å²) in [7, 11) is 0. The monoisotopic (exact) mass is 419 g/mol. The lowest BCUT2D eigenvalue weighted by molar-refractivity contribution is 0.171. The Morgan fingerprint density at radius 3 is 2.58 bits per heavy atom. The van der Waals surface area contributed by atoms with Crippen LogP contribution in [0.1, 0.15) is 24.6 Å². The minimum Gasteiger partial charge on any atom is -0.486 e. The number of carbonyl (C=O) groups excluding carboxylic acids is 1. The summed E-state index contributed by atoms with van der Waals surface area (Å²) in [5.41, 5.74) is 2.90. The number of carbonyl (C=O) groups is 1. The highest BCUT2D eigenvalue weighted by Gasteiger charge is 2.27. The summed E-state index contributed by atoms with van der Waals surface area (Å²) in [5, 5.41) is 2.99. The number of amides is 2. The highest BCUT2D eigenvalue weighted by Crippen LogP contribution is 2.33. The normalized spacial score (nSPS) is 16.2. The van der Waals surface area contributed by atoms with Crippen molar-refractivity contribution in [2.24, 2.45) is 0 Å². The van der Waals surface area contributed by atoms with Gasteiger partial charge in [0.05, 0.1) is 0 Å². The van der Waals surface area contributed by atoms with Crippen LogP contribution in [0.4, 0.5) is 10.5 Å². The van der Waals surface area contributed by atoms with Crippen LogP contribution in [0.5, 0.6) is 11.5 Å². The zero-order chi connectivity index (χ0) is 21.2. The number of benzene rings is 1. The molecule has 31 heavy (non-hydrogen) atoms. The van der Waals surface area contributed by atoms with Crippen molar-refractivity contribution in [1.29, 1.82) is 0 Å². The fourth-order valence-electron chi connectivity index (χ4n) is 4.27. The van der Waals surface area contributed by atoms with E-state index in [1.165, 1.54) is 0 Å². The second-order valence-electron chi connectivity index (χ2n) is 7.84. The number of anilines is 1. The fourth-order valence-corrected chi connectivity index (χ4v) is 4.27. The van der Waals surface area contributed by atoms with Crippen molar-refractivity contribution in [2.45, 2.75) is 25.8 Å². The first-order valence-corrected chi connectivity index (χ1v) is 10.6. The highest BCUT2D eigenvalue weighted by atomic mass is 16.6. The third kappa shape index (κ3) is 3.93. The van der Waals surface area contributed by atoms with Crippen molar-refractivity contribution in [3.63, 3.8) is 0 Å². The maximum absolute atomic E-state index is 12.8. The van der Waals surface area contributed by atoms with Crippen LogP contribution in [0.25, 0.3) is 11.4 Å². The number of hydrogen-bond acceptors (Lipinski definition) is 5. The number of rotatable bonds is 3. The maximum atomic E-state index is 12.8. The van der Waals surface area contributed by atoms with Crippen LogP contribution in [0.15, 0.2) is 48.9 Å². The molecule has 0 bridgehead atoms. The minimum absolute atomic E-state index is 0.0909. The molecule has 0 saturated carbocycles. The molecule has 4 heterocycles. The van der Waals surface area contributed by atoms with E-state index in [-0.39, 0.29) is 6.03 Å². The van der Waals surface area contributed by atoms with Gasteiger partial charge < -0.3 is 24.3 Å². The standard InChI is InChI=1S/C23H25N5O3/c1-16-15-25-22(17-4-8-24-9-5-17)28(16)19-6-10-27(11-7-19)23(29)26-18-2-3-20-21(14-18)31-13-12-30-20/h2-5,8-9,14-15,19H,6-7,10-13H2,1H3,(H,26,29). The molecule has 160 valence electrons. The summed E-state index contributed by atoms with van der Waals surface area (Å²) in [4.78, 5) is 23.4. The van der Waals surface area contributed by atoms with Crippen molar-refractivity contribution in [3.05, 3.63) is 54.6 Å². The molecule has 8 heteroatoms. The molecule has 1 N–H and O–H groups in total. The molecule has 5 rings (SSSR count). The summed E-state index contributed by atoms with van der Waals surface area (Å²) in [6.45, 7) is 4.53. The van der Waals surface area contributed by atoms with Crippen molar-refractivity contribution in [1.82, 2.24) is 19.4 Å². The number of likely N-dealkylation sites (tertiary alicyclic amines) is 1. The Balaban J connectivity index is 1.24. The Kier molecular flexibility index (Phi) is 5.19. The average molecular weight is 419 g/mol. The summed E-state index contributed by atoms with van der Waals surface area (Å²) >= 11 is 0. The van der Waals surface area contributed by atoms with Crippen LogP contribution in [-0.4, -0.2) is 51.8 Å². The molecule has 0 spiro atoms. The van der Waals surface area contributed by atoms with Crippen molar-refractivity contribution in [3.8, 4) is 22.9 Å². The van der Waals surface area contributed by atoms with Crippen LogP contribution in [0.3, 0.4) is 0 Å². The van der Waals surface area contributed by atoms with E-state index < -0.39 is 0 Å². The first kappa shape index (κ1) is 19.4. The van der Waals surface area contributed by atoms with Gasteiger partial charge in [-0.1, -0.05) is 0 Å². The molecule has 1 fully saturated rings. The second kappa shape index (κ2) is 8.29. The fraction of sp³-hybridized carbons (Fsp3) is 0.348. The number of hydrogen-bond donors (Lipinski definition) is 1. The quantitative estimate of drug-likeness (QED) is 0.696. The van der Waals surface area contributed by atoms with E-state index in [1.54, 1.807) is 12.4 Å². The number of nitrogens with zero attached hydrogens (tertiary/aromatic N) is 4. The van der Waals surface area contributed by atoms with E-state index in [2.05, 4.69) is 26.8 Å². The molecule has 2 aliphatic heterocycles. The average Bonchev–Trinajstić information content (AvgIpc) is 3.21. The minimum atomic E-state index is -0.0909. The number of ether oxygens (including phenoxy) is 2. The van der Waals surface area contributed by atoms with Gasteiger partial charge >= 0.3 is 6.03 Å². The first-order valence-electron chi connectivity index (χ1n) is 10.6. The first-order chi connectivity index (χ1) is 15.2. The second-order valence-corrected chi connectivity index (χ2v) is 7.84. The van der Waals surface area contributed by atoms with Crippen molar-refractivity contribution in [2.75, 3.05) is 31.6 Å². The number of piperidine rings is 1. The van der Waals surface area contributed by atoms with Gasteiger partial charge in [0.15, 0.2) is 11.5 Å². The molecule has 8 nitrogen and oxygen atoms in total. The molecule has 0 radical (unpaired) electrons. The van der Waals surface area contributed by atoms with Crippen LogP contribution < -0.4 is 14.8 Å². The van der Waals surface area contributed by atoms with Gasteiger partial charge in [0, 0.05) is 60.7 Å². The lowest BCUT2D eigenvalue weighted by atomic mass is 10.0. The van der Waals surface area contributed by atoms with Gasteiger partial charge in [-0.3, -0.25) is 4.98 Å². The predicted molar refractivity (Wildman–Crippen MR) is 116 cm³/mol. The predicted octanol–water partition coefficient (Wildman–Crippen LogP) is 3.89. The van der Waals surface area contributed by atoms with Gasteiger partial charge in [-0.2, -0.15) is 0 Å². The topological polar surface area (TPSA) is 81.5 Å². The third-order valence-corrected chi connectivity index (χ3v) is 5.83. The van der Waals surface area contributed by atoms with E-state index in [1.807, 2.05) is 41.4 Å². The molecule has 0 atom stereocenters. The third-order valence-electron chi connectivity index (χ3n) is 5.83. The summed E-state index contributed by atoms with van der Waals surface area (Å²) < 4.78 is 13.4. The zero-order valence-corrected chi connectivity index (χ0v) is 17.5. The molecular formula is C23H25N5O3. The Morgan fingerprint density at radius 1 is 1.06 bits per heavy atom. The van der Waals surface area contributed by atoms with Gasteiger partial charge in [0.2, 0.25) is 0 Å². The van der Waals surface area contributed by atoms with E-state index >= 15 is 0 Å². The van der Waals surface area contributed by atoms with Gasteiger partial charge in [-0.15, -0.1) is 0 Å². The molecule has 2 amide bonds. The number of fused-ring (bicyclic) bond motifs is 1. The molecule has 2 aliphatic rings. The number of nitrogens with one attached hydrogen (secondary N) is 1. The van der Waals surface area contributed by atoms with Gasteiger partial charge in [0.25, 0.3) is 0 Å². The van der Waals surface area contributed by atoms with Gasteiger partial charge in [-0.25, -0.2) is 9.78 Å². The largest absolute Gasteiger partial charge is 0.486 e. The Hall–Kier alpha value is -3.55. The van der Waals surface area contributed by atoms with Crippen LogP contribution in [-0.2, 0) is 0 Å². The Bertz CT molecular complexity index is 1070. The lowest BCUT2D eigenvalue weighted by Crippen LogP contribution is -2.41. The van der Waals surface area contributed by atoms with Crippen LogP contribution >= 0.6 is 0 Å². The Morgan fingerprint density at radius 2 is 1.81 bits per heavy atom. The number of urea groups is 1. The number of aromatic nitrogens is 3. The zero-order valence-electron chi connectivity index (χ0n) is 17.5. The van der Waals surface area contributed by atoms with Crippen LogP contribution in [0.2, 0.25) is 0 Å². The van der Waals surface area contributed by atoms with Crippen LogP contribution in [0, 0.1) is 6.92 Å². The number of aryl methyl sites for hydroxylation is 1. The van der Waals surface area contributed by atoms with Gasteiger partial charge in [0.1, 0.15) is 19.0 Å². The van der Waals surface area contributed by atoms with Crippen molar-refractivity contribution >= 4 is 11.7 Å². The number of pyridine rings is 1. The summed E-state index contributed by atoms with van der Waals surface area (Å²) in [5.74, 6) is 2.34. The maximum Gasteiger partial charge on any atom is 0.321 e. The molecule has 1 aromatic carbocycles. The van der Waals surface area contributed by atoms with E-state index in [0.717, 1.165) is 29.9 Å². The SMILES string of the molecule is Cc1cnc(-c2ccncc2)n1C1CCN(C(=O)Nc2ccc3c(c2)OCCO3)CC1. The van der Waals surface area contributed by atoms with E-state index in [9.17, 15) is 4.79 Å². The molecule has 2 aromatic heterocycles. The lowest BCUT2D eigenvalue weighted by Gasteiger charge is -2.34. The number of imidazole rings is 1. The van der Waals surface area contributed by atoms with Crippen molar-refractivity contribution < 1.29 is 14.3 Å².